The largest absolute Gasteiger partial charge is 0.387 e. The Kier molecular flexibility index (Phi) is 6.76. The van der Waals surface area contributed by atoms with E-state index in [1.807, 2.05) is 0 Å². The highest BCUT2D eigenvalue weighted by Crippen LogP contribution is 2.52. The zero-order valence-electron chi connectivity index (χ0n) is 15.3. The summed E-state index contributed by atoms with van der Waals surface area (Å²) in [5.74, 6) is 4.29. The highest BCUT2D eigenvalue weighted by atomic mass is 16.5. The van der Waals surface area contributed by atoms with Crippen LogP contribution >= 0.6 is 0 Å². The molecule has 0 aromatic heterocycles. The second-order valence-electron chi connectivity index (χ2n) is 8.28. The average molecular weight is 311 g/mol. The van der Waals surface area contributed by atoms with Crippen molar-refractivity contribution in [3.63, 3.8) is 0 Å². The zero-order valence-corrected chi connectivity index (χ0v) is 15.3. The van der Waals surface area contributed by atoms with Gasteiger partial charge in [0, 0.05) is 7.11 Å². The van der Waals surface area contributed by atoms with Crippen molar-refractivity contribution in [3.8, 4) is 0 Å². The molecule has 2 rings (SSSR count). The van der Waals surface area contributed by atoms with Gasteiger partial charge in [0.1, 0.15) is 0 Å². The molecule has 1 N–H and O–H groups in total. The van der Waals surface area contributed by atoms with Gasteiger partial charge in [-0.3, -0.25) is 0 Å². The van der Waals surface area contributed by atoms with Gasteiger partial charge in [0.15, 0.2) is 0 Å². The van der Waals surface area contributed by atoms with Crippen LogP contribution in [-0.2, 0) is 4.74 Å². The standard InChI is InChI=1S/C20H38O2/c1-5-7-15(3)17-10-9-16-13-20(21,14-22-4)12-11-18(16)19(17)8-6-2/h15-19,21H,5-14H2,1-4H3/t15-,16+,17-,18-,19-,20+/m0/s1. The molecular formula is C20H38O2. The topological polar surface area (TPSA) is 29.5 Å². The molecule has 2 saturated carbocycles. The van der Waals surface area contributed by atoms with Crippen LogP contribution in [0.3, 0.4) is 0 Å². The second kappa shape index (κ2) is 8.15. The Labute approximate surface area is 138 Å². The van der Waals surface area contributed by atoms with Gasteiger partial charge in [0.05, 0.1) is 12.2 Å². The molecule has 0 unspecified atom stereocenters. The maximum atomic E-state index is 10.8. The minimum atomic E-state index is -0.547. The molecule has 0 heterocycles. The van der Waals surface area contributed by atoms with Gasteiger partial charge in [-0.1, -0.05) is 46.5 Å². The van der Waals surface area contributed by atoms with Crippen molar-refractivity contribution in [1.29, 1.82) is 0 Å². The van der Waals surface area contributed by atoms with Gasteiger partial charge < -0.3 is 9.84 Å². The molecule has 6 atom stereocenters. The summed E-state index contributed by atoms with van der Waals surface area (Å²) in [6.45, 7) is 7.67. The first kappa shape index (κ1) is 18.3. The molecule has 0 saturated heterocycles. The number of hydrogen-bond acceptors (Lipinski definition) is 2. The van der Waals surface area contributed by atoms with Crippen LogP contribution in [0.15, 0.2) is 0 Å². The summed E-state index contributed by atoms with van der Waals surface area (Å²) in [6, 6.07) is 0. The first-order valence-electron chi connectivity index (χ1n) is 9.76. The van der Waals surface area contributed by atoms with Crippen molar-refractivity contribution in [3.05, 3.63) is 0 Å². The van der Waals surface area contributed by atoms with Crippen molar-refractivity contribution in [2.75, 3.05) is 13.7 Å². The molecule has 2 heteroatoms. The Morgan fingerprint density at radius 1 is 1.18 bits per heavy atom. The third-order valence-corrected chi connectivity index (χ3v) is 6.67. The lowest BCUT2D eigenvalue weighted by atomic mass is 9.56. The van der Waals surface area contributed by atoms with Crippen LogP contribution in [-0.4, -0.2) is 24.4 Å². The summed E-state index contributed by atoms with van der Waals surface area (Å²) in [4.78, 5) is 0. The lowest BCUT2D eigenvalue weighted by Crippen LogP contribution is -2.48. The minimum absolute atomic E-state index is 0.518. The lowest BCUT2D eigenvalue weighted by molar-refractivity contribution is -0.107. The Hall–Kier alpha value is -0.0800. The van der Waals surface area contributed by atoms with E-state index in [-0.39, 0.29) is 0 Å². The monoisotopic (exact) mass is 310 g/mol. The van der Waals surface area contributed by atoms with Gasteiger partial charge in [-0.05, 0) is 61.7 Å². The normalized spacial score (nSPS) is 40.2. The molecule has 22 heavy (non-hydrogen) atoms. The predicted molar refractivity (Wildman–Crippen MR) is 92.9 cm³/mol. The Bertz CT molecular complexity index is 330. The van der Waals surface area contributed by atoms with E-state index in [4.69, 9.17) is 4.74 Å². The number of methoxy groups -OCH3 is 1. The molecule has 0 radical (unpaired) electrons. The van der Waals surface area contributed by atoms with E-state index in [0.717, 1.165) is 42.4 Å². The summed E-state index contributed by atoms with van der Waals surface area (Å²) in [5.41, 5.74) is -0.547. The van der Waals surface area contributed by atoms with Crippen molar-refractivity contribution in [2.45, 2.75) is 84.2 Å². The van der Waals surface area contributed by atoms with Crippen LogP contribution in [0.2, 0.25) is 0 Å². The summed E-state index contributed by atoms with van der Waals surface area (Å²) < 4.78 is 5.28. The first-order chi connectivity index (χ1) is 10.5. The zero-order chi connectivity index (χ0) is 16.2. The fourth-order valence-electron chi connectivity index (χ4n) is 5.77. The summed E-state index contributed by atoms with van der Waals surface area (Å²) in [7, 11) is 1.72. The van der Waals surface area contributed by atoms with Crippen LogP contribution in [0.25, 0.3) is 0 Å². The number of fused-ring (bicyclic) bond motifs is 1. The molecule has 0 spiro atoms. The number of ether oxygens (including phenoxy) is 1. The van der Waals surface area contributed by atoms with E-state index < -0.39 is 5.60 Å². The van der Waals surface area contributed by atoms with Crippen LogP contribution in [0.4, 0.5) is 0 Å². The smallest absolute Gasteiger partial charge is 0.0882 e. The van der Waals surface area contributed by atoms with Crippen LogP contribution in [0.1, 0.15) is 78.6 Å². The van der Waals surface area contributed by atoms with E-state index in [0.29, 0.717) is 6.61 Å². The molecule has 0 aliphatic heterocycles. The molecule has 2 fully saturated rings. The highest BCUT2D eigenvalue weighted by molar-refractivity contribution is 4.97. The third kappa shape index (κ3) is 4.06. The minimum Gasteiger partial charge on any atom is -0.387 e. The lowest BCUT2D eigenvalue weighted by Gasteiger charge is -2.51. The molecule has 0 amide bonds. The number of rotatable bonds is 7. The van der Waals surface area contributed by atoms with E-state index in [1.165, 1.54) is 44.9 Å². The van der Waals surface area contributed by atoms with Crippen molar-refractivity contribution < 1.29 is 9.84 Å². The molecule has 2 nitrogen and oxygen atoms in total. The van der Waals surface area contributed by atoms with E-state index in [2.05, 4.69) is 20.8 Å². The summed E-state index contributed by atoms with van der Waals surface area (Å²) in [5, 5.41) is 10.8. The van der Waals surface area contributed by atoms with Crippen LogP contribution in [0.5, 0.6) is 0 Å². The predicted octanol–water partition coefficient (Wildman–Crippen LogP) is 5.04. The van der Waals surface area contributed by atoms with Gasteiger partial charge in [0.2, 0.25) is 0 Å². The van der Waals surface area contributed by atoms with Gasteiger partial charge in [-0.2, -0.15) is 0 Å². The van der Waals surface area contributed by atoms with Crippen molar-refractivity contribution in [1.82, 2.24) is 0 Å². The summed E-state index contributed by atoms with van der Waals surface area (Å²) in [6.07, 6.45) is 11.2. The molecule has 0 aromatic carbocycles. The fourth-order valence-corrected chi connectivity index (χ4v) is 5.77. The van der Waals surface area contributed by atoms with Gasteiger partial charge >= 0.3 is 0 Å². The molecule has 0 aromatic rings. The fraction of sp³-hybridized carbons (Fsp3) is 1.00. The molecule has 2 aliphatic carbocycles. The Morgan fingerprint density at radius 2 is 1.95 bits per heavy atom. The average Bonchev–Trinajstić information content (AvgIpc) is 2.47. The maximum Gasteiger partial charge on any atom is 0.0882 e. The van der Waals surface area contributed by atoms with Crippen LogP contribution < -0.4 is 0 Å². The number of aliphatic hydroxyl groups is 1. The maximum absolute atomic E-state index is 10.8. The van der Waals surface area contributed by atoms with Crippen molar-refractivity contribution >= 4 is 0 Å². The van der Waals surface area contributed by atoms with Gasteiger partial charge in [-0.25, -0.2) is 0 Å². The van der Waals surface area contributed by atoms with E-state index >= 15 is 0 Å². The summed E-state index contributed by atoms with van der Waals surface area (Å²) >= 11 is 0. The molecule has 2 aliphatic rings. The van der Waals surface area contributed by atoms with E-state index in [1.54, 1.807) is 7.11 Å². The second-order valence-corrected chi connectivity index (χ2v) is 8.28. The van der Waals surface area contributed by atoms with Gasteiger partial charge in [-0.15, -0.1) is 0 Å². The molecule has 130 valence electrons. The molecule has 0 bridgehead atoms. The SMILES string of the molecule is CCC[C@H]1[C@H]([C@@H](C)CCC)CC[C@@H]2C[C@@](O)(COC)CC[C@@H]21. The van der Waals surface area contributed by atoms with Gasteiger partial charge in [0.25, 0.3) is 0 Å². The quantitative estimate of drug-likeness (QED) is 0.713. The van der Waals surface area contributed by atoms with E-state index in [9.17, 15) is 5.11 Å². The first-order valence-corrected chi connectivity index (χ1v) is 9.76. The highest BCUT2D eigenvalue weighted by Gasteiger charge is 2.47. The van der Waals surface area contributed by atoms with Crippen molar-refractivity contribution in [2.24, 2.45) is 29.6 Å². The van der Waals surface area contributed by atoms with Crippen LogP contribution in [0, 0.1) is 29.6 Å². The Morgan fingerprint density at radius 3 is 2.59 bits per heavy atom. The molecular weight excluding hydrogens is 272 g/mol. The third-order valence-electron chi connectivity index (χ3n) is 6.67. The Balaban J connectivity index is 2.07. The number of hydrogen-bond donors (Lipinski definition) is 1.